The summed E-state index contributed by atoms with van der Waals surface area (Å²) in [5.41, 5.74) is 2.71. The van der Waals surface area contributed by atoms with Crippen molar-refractivity contribution in [1.29, 1.82) is 0 Å². The SMILES string of the molecule is CCOc1ccc(NC(=S)Nn2c(=O)[nH]c3ccccc3c2=O)cc1. The molecule has 0 unspecified atom stereocenters. The molecule has 0 spiro atoms. The van der Waals surface area contributed by atoms with Crippen LogP contribution < -0.4 is 26.7 Å². The van der Waals surface area contributed by atoms with E-state index in [0.717, 1.165) is 10.4 Å². The summed E-state index contributed by atoms with van der Waals surface area (Å²) in [6, 6.07) is 13.9. The van der Waals surface area contributed by atoms with E-state index in [0.29, 0.717) is 23.2 Å². The van der Waals surface area contributed by atoms with Gasteiger partial charge in [0.2, 0.25) is 0 Å². The van der Waals surface area contributed by atoms with Gasteiger partial charge in [-0.3, -0.25) is 10.2 Å². The van der Waals surface area contributed by atoms with Crippen molar-refractivity contribution in [3.8, 4) is 5.75 Å². The van der Waals surface area contributed by atoms with Crippen LogP contribution in [-0.2, 0) is 0 Å². The summed E-state index contributed by atoms with van der Waals surface area (Å²) in [4.78, 5) is 27.2. The Bertz CT molecular complexity index is 1020. The van der Waals surface area contributed by atoms with E-state index in [1.807, 2.05) is 6.92 Å². The van der Waals surface area contributed by atoms with E-state index in [-0.39, 0.29) is 5.11 Å². The second-order valence-electron chi connectivity index (χ2n) is 5.14. The van der Waals surface area contributed by atoms with Crippen LogP contribution in [0.4, 0.5) is 5.69 Å². The second kappa shape index (κ2) is 7.18. The van der Waals surface area contributed by atoms with Crippen molar-refractivity contribution in [1.82, 2.24) is 9.66 Å². The van der Waals surface area contributed by atoms with Gasteiger partial charge in [-0.25, -0.2) is 4.79 Å². The van der Waals surface area contributed by atoms with Crippen LogP contribution in [0.3, 0.4) is 0 Å². The number of rotatable bonds is 4. The van der Waals surface area contributed by atoms with Crippen LogP contribution in [0.5, 0.6) is 5.75 Å². The Morgan fingerprint density at radius 2 is 1.88 bits per heavy atom. The molecule has 1 aromatic heterocycles. The minimum absolute atomic E-state index is 0.118. The summed E-state index contributed by atoms with van der Waals surface area (Å²) in [6.07, 6.45) is 0. The minimum Gasteiger partial charge on any atom is -0.494 e. The van der Waals surface area contributed by atoms with Crippen LogP contribution in [-0.4, -0.2) is 21.4 Å². The molecule has 3 aromatic rings. The van der Waals surface area contributed by atoms with Gasteiger partial charge in [0, 0.05) is 5.69 Å². The van der Waals surface area contributed by atoms with Crippen molar-refractivity contribution in [2.24, 2.45) is 0 Å². The number of aromatic nitrogens is 2. The van der Waals surface area contributed by atoms with Gasteiger partial charge in [-0.05, 0) is 55.5 Å². The van der Waals surface area contributed by atoms with Gasteiger partial charge in [-0.15, -0.1) is 0 Å². The zero-order chi connectivity index (χ0) is 17.8. The van der Waals surface area contributed by atoms with Crippen molar-refractivity contribution in [2.45, 2.75) is 6.92 Å². The number of hydrogen-bond acceptors (Lipinski definition) is 4. The topological polar surface area (TPSA) is 88.2 Å². The van der Waals surface area contributed by atoms with Gasteiger partial charge in [0.1, 0.15) is 5.75 Å². The fraction of sp³-hybridized carbons (Fsp3) is 0.118. The van der Waals surface area contributed by atoms with E-state index in [1.54, 1.807) is 48.5 Å². The molecule has 0 amide bonds. The zero-order valence-corrected chi connectivity index (χ0v) is 14.2. The molecule has 7 nitrogen and oxygen atoms in total. The molecule has 0 fully saturated rings. The summed E-state index contributed by atoms with van der Waals surface area (Å²) < 4.78 is 6.21. The molecule has 128 valence electrons. The fourth-order valence-electron chi connectivity index (χ4n) is 2.33. The molecule has 25 heavy (non-hydrogen) atoms. The lowest BCUT2D eigenvalue weighted by atomic mass is 10.2. The average molecular weight is 356 g/mol. The first-order valence-corrected chi connectivity index (χ1v) is 8.04. The summed E-state index contributed by atoms with van der Waals surface area (Å²) in [6.45, 7) is 2.49. The zero-order valence-electron chi connectivity index (χ0n) is 13.4. The monoisotopic (exact) mass is 356 g/mol. The summed E-state index contributed by atoms with van der Waals surface area (Å²) in [5.74, 6) is 0.745. The maximum atomic E-state index is 12.4. The molecule has 0 bridgehead atoms. The standard InChI is InChI=1S/C17H16N4O3S/c1-2-24-12-9-7-11(8-10-12)18-16(25)20-21-15(22)13-5-3-4-6-14(13)19-17(21)23/h3-10H,2H2,1H3,(H,19,23)(H2,18,20,25). The van der Waals surface area contributed by atoms with Crippen molar-refractivity contribution in [2.75, 3.05) is 17.3 Å². The third kappa shape index (κ3) is 3.69. The Morgan fingerprint density at radius 3 is 2.60 bits per heavy atom. The number of benzene rings is 2. The number of hydrogen-bond donors (Lipinski definition) is 3. The van der Waals surface area contributed by atoms with Crippen LogP contribution in [0.2, 0.25) is 0 Å². The van der Waals surface area contributed by atoms with Gasteiger partial charge in [-0.2, -0.15) is 4.68 Å². The van der Waals surface area contributed by atoms with Gasteiger partial charge in [0.05, 0.1) is 17.5 Å². The molecule has 0 saturated carbocycles. The highest BCUT2D eigenvalue weighted by molar-refractivity contribution is 7.80. The maximum Gasteiger partial charge on any atom is 0.348 e. The Kier molecular flexibility index (Phi) is 4.80. The Hall–Kier alpha value is -3.13. The molecule has 2 aromatic carbocycles. The molecule has 0 radical (unpaired) electrons. The average Bonchev–Trinajstić information content (AvgIpc) is 2.60. The number of nitrogens with one attached hydrogen (secondary N) is 3. The molecule has 3 rings (SSSR count). The predicted molar refractivity (Wildman–Crippen MR) is 102 cm³/mol. The van der Waals surface area contributed by atoms with Gasteiger partial charge in [0.15, 0.2) is 5.11 Å². The van der Waals surface area contributed by atoms with Gasteiger partial charge in [0.25, 0.3) is 5.56 Å². The molecule has 0 saturated heterocycles. The first-order chi connectivity index (χ1) is 12.1. The van der Waals surface area contributed by atoms with E-state index in [1.165, 1.54) is 0 Å². The maximum absolute atomic E-state index is 12.4. The Labute approximate surface area is 148 Å². The van der Waals surface area contributed by atoms with E-state index < -0.39 is 11.2 Å². The van der Waals surface area contributed by atoms with E-state index >= 15 is 0 Å². The van der Waals surface area contributed by atoms with Crippen LogP contribution in [0.15, 0.2) is 58.1 Å². The number of fused-ring (bicyclic) bond motifs is 1. The lowest BCUT2D eigenvalue weighted by Gasteiger charge is -2.12. The molecule has 0 aliphatic carbocycles. The van der Waals surface area contributed by atoms with E-state index in [2.05, 4.69) is 15.7 Å². The predicted octanol–water partition coefficient (Wildman–Crippen LogP) is 2.03. The van der Waals surface area contributed by atoms with Gasteiger partial charge in [-0.1, -0.05) is 12.1 Å². The first-order valence-electron chi connectivity index (χ1n) is 7.63. The van der Waals surface area contributed by atoms with Gasteiger partial charge < -0.3 is 15.0 Å². The third-order valence-corrected chi connectivity index (χ3v) is 3.64. The normalized spacial score (nSPS) is 10.4. The number of nitrogens with zero attached hydrogens (tertiary/aromatic N) is 1. The molecule has 3 N–H and O–H groups in total. The van der Waals surface area contributed by atoms with Crippen molar-refractivity contribution >= 4 is 33.9 Å². The number of thiocarbonyl (C=S) groups is 1. The number of ether oxygens (including phenoxy) is 1. The highest BCUT2D eigenvalue weighted by atomic mass is 32.1. The molecule has 0 aliphatic rings. The van der Waals surface area contributed by atoms with E-state index in [9.17, 15) is 9.59 Å². The molecule has 1 heterocycles. The number of aromatic amines is 1. The number of anilines is 1. The quantitative estimate of drug-likeness (QED) is 0.620. The molecule has 0 aliphatic heterocycles. The molecule has 0 atom stereocenters. The summed E-state index contributed by atoms with van der Waals surface area (Å²) in [7, 11) is 0. The largest absolute Gasteiger partial charge is 0.494 e. The highest BCUT2D eigenvalue weighted by Gasteiger charge is 2.08. The van der Waals surface area contributed by atoms with Crippen LogP contribution in [0, 0.1) is 0 Å². The Balaban J connectivity index is 1.80. The molecule has 8 heteroatoms. The lowest BCUT2D eigenvalue weighted by Crippen LogP contribution is -2.44. The van der Waals surface area contributed by atoms with Crippen LogP contribution >= 0.6 is 12.2 Å². The smallest absolute Gasteiger partial charge is 0.348 e. The van der Waals surface area contributed by atoms with Crippen molar-refractivity contribution < 1.29 is 4.74 Å². The number of H-pyrrole nitrogens is 1. The summed E-state index contributed by atoms with van der Waals surface area (Å²) in [5, 5.41) is 3.42. The molecular weight excluding hydrogens is 340 g/mol. The Morgan fingerprint density at radius 1 is 1.16 bits per heavy atom. The lowest BCUT2D eigenvalue weighted by molar-refractivity contribution is 0.340. The fourth-order valence-corrected chi connectivity index (χ4v) is 2.53. The third-order valence-electron chi connectivity index (χ3n) is 3.44. The highest BCUT2D eigenvalue weighted by Crippen LogP contribution is 2.15. The van der Waals surface area contributed by atoms with Crippen LogP contribution in [0.25, 0.3) is 10.9 Å². The van der Waals surface area contributed by atoms with E-state index in [4.69, 9.17) is 17.0 Å². The number of para-hydroxylation sites is 1. The van der Waals surface area contributed by atoms with Crippen LogP contribution in [0.1, 0.15) is 6.92 Å². The second-order valence-corrected chi connectivity index (χ2v) is 5.55. The van der Waals surface area contributed by atoms with Crippen molar-refractivity contribution in [3.63, 3.8) is 0 Å². The van der Waals surface area contributed by atoms with Crippen molar-refractivity contribution in [3.05, 3.63) is 69.4 Å². The minimum atomic E-state index is -0.598. The van der Waals surface area contributed by atoms with Gasteiger partial charge >= 0.3 is 5.69 Å². The molecular formula is C17H16N4O3S. The summed E-state index contributed by atoms with van der Waals surface area (Å²) >= 11 is 5.18. The first kappa shape index (κ1) is 16.7.